The summed E-state index contributed by atoms with van der Waals surface area (Å²) in [5.41, 5.74) is 1.49. The number of pyridine rings is 1. The number of thiophene rings is 2. The monoisotopic (exact) mass is 433 g/mol. The second-order valence-electron chi connectivity index (χ2n) is 6.33. The molecule has 10 heteroatoms. The Morgan fingerprint density at radius 3 is 2.59 bits per heavy atom. The average Bonchev–Trinajstić information content (AvgIpc) is 3.30. The zero-order valence-corrected chi connectivity index (χ0v) is 17.3. The Labute approximate surface area is 174 Å². The number of amides is 2. The Kier molecular flexibility index (Phi) is 6.04. The van der Waals surface area contributed by atoms with E-state index in [0.717, 1.165) is 20.9 Å². The Morgan fingerprint density at radius 2 is 1.93 bits per heavy atom. The summed E-state index contributed by atoms with van der Waals surface area (Å²) in [5, 5.41) is 27.9. The predicted molar refractivity (Wildman–Crippen MR) is 114 cm³/mol. The number of aromatic hydroxyl groups is 1. The molecule has 2 amide bonds. The molecule has 3 rings (SSSR count). The summed E-state index contributed by atoms with van der Waals surface area (Å²) in [6, 6.07) is 2.55. The third-order valence-electron chi connectivity index (χ3n) is 4.32. The van der Waals surface area contributed by atoms with E-state index in [9.17, 15) is 19.5 Å². The van der Waals surface area contributed by atoms with Crippen LogP contribution < -0.4 is 16.2 Å². The Morgan fingerprint density at radius 1 is 1.21 bits per heavy atom. The second-order valence-corrected chi connectivity index (χ2v) is 8.22. The van der Waals surface area contributed by atoms with Crippen molar-refractivity contribution >= 4 is 46.0 Å². The van der Waals surface area contributed by atoms with Crippen LogP contribution in [-0.4, -0.2) is 26.8 Å². The first-order valence-electron chi connectivity index (χ1n) is 8.61. The predicted octanol–water partition coefficient (Wildman–Crippen LogP) is 3.85. The summed E-state index contributed by atoms with van der Waals surface area (Å²) < 4.78 is 1.24. The molecule has 0 aliphatic rings. The fourth-order valence-electron chi connectivity index (χ4n) is 2.76. The number of hydrogen-bond donors (Lipinski definition) is 4. The van der Waals surface area contributed by atoms with Crippen LogP contribution >= 0.6 is 22.7 Å². The first-order chi connectivity index (χ1) is 13.8. The van der Waals surface area contributed by atoms with E-state index >= 15 is 0 Å². The van der Waals surface area contributed by atoms with Crippen molar-refractivity contribution in [2.75, 3.05) is 10.6 Å². The lowest BCUT2D eigenvalue weighted by Gasteiger charge is -2.11. The van der Waals surface area contributed by atoms with Crippen LogP contribution in [0.5, 0.6) is 5.75 Å². The molecular weight excluding hydrogens is 414 g/mol. The lowest BCUT2D eigenvalue weighted by Crippen LogP contribution is -2.27. The molecule has 3 aromatic heterocycles. The minimum absolute atomic E-state index is 0.00992. The van der Waals surface area contributed by atoms with E-state index in [-0.39, 0.29) is 17.9 Å². The highest BCUT2D eigenvalue weighted by molar-refractivity contribution is 7.17. The maximum absolute atomic E-state index is 12.6. The minimum atomic E-state index is -0.891. The maximum Gasteiger partial charge on any atom is 0.323 e. The Balaban J connectivity index is 1.91. The van der Waals surface area contributed by atoms with Gasteiger partial charge in [-0.2, -0.15) is 11.3 Å². The van der Waals surface area contributed by atoms with Gasteiger partial charge in [0, 0.05) is 23.7 Å². The highest BCUT2D eigenvalue weighted by Gasteiger charge is 2.20. The van der Waals surface area contributed by atoms with Crippen LogP contribution in [0, 0.1) is 6.92 Å². The molecule has 3 aromatic rings. The van der Waals surface area contributed by atoms with Gasteiger partial charge < -0.3 is 20.1 Å². The number of carboxylic acids is 1. The van der Waals surface area contributed by atoms with E-state index in [1.165, 1.54) is 46.6 Å². The summed E-state index contributed by atoms with van der Waals surface area (Å²) in [4.78, 5) is 37.4. The molecule has 0 saturated heterocycles. The highest BCUT2D eigenvalue weighted by atomic mass is 32.1. The van der Waals surface area contributed by atoms with Crippen LogP contribution in [0.25, 0.3) is 10.4 Å². The normalized spacial score (nSPS) is 10.7. The first-order valence-corrected chi connectivity index (χ1v) is 10.4. The molecule has 0 unspecified atom stereocenters. The average molecular weight is 434 g/mol. The molecule has 0 fully saturated rings. The van der Waals surface area contributed by atoms with E-state index in [1.807, 2.05) is 23.8 Å². The first kappa shape index (κ1) is 20.6. The second kappa shape index (κ2) is 8.50. The number of carbonyl (C=O) groups is 2. The smallest absolute Gasteiger partial charge is 0.323 e. The van der Waals surface area contributed by atoms with E-state index in [4.69, 9.17) is 5.11 Å². The van der Waals surface area contributed by atoms with E-state index in [1.54, 1.807) is 0 Å². The van der Waals surface area contributed by atoms with Gasteiger partial charge in [0.05, 0.1) is 17.0 Å². The van der Waals surface area contributed by atoms with Crippen LogP contribution in [0.2, 0.25) is 0 Å². The topological polar surface area (TPSA) is 121 Å². The molecule has 0 spiro atoms. The number of nitrogens with one attached hydrogen (secondary N) is 2. The highest BCUT2D eigenvalue weighted by Crippen LogP contribution is 2.42. The summed E-state index contributed by atoms with van der Waals surface area (Å²) >= 11 is 2.94. The minimum Gasteiger partial charge on any atom is -0.505 e. The number of hydrogen-bond acceptors (Lipinski definition) is 6. The van der Waals surface area contributed by atoms with E-state index in [2.05, 4.69) is 10.6 Å². The van der Waals surface area contributed by atoms with Crippen molar-refractivity contribution in [1.29, 1.82) is 0 Å². The molecule has 29 heavy (non-hydrogen) atoms. The van der Waals surface area contributed by atoms with Crippen molar-refractivity contribution in [3.8, 4) is 16.2 Å². The number of nitrogens with zero attached hydrogens (tertiary/aromatic N) is 1. The lowest BCUT2D eigenvalue weighted by molar-refractivity contribution is -0.136. The van der Waals surface area contributed by atoms with Crippen molar-refractivity contribution in [2.24, 2.45) is 7.05 Å². The maximum atomic E-state index is 12.6. The number of rotatable bonds is 6. The largest absolute Gasteiger partial charge is 0.505 e. The molecule has 0 aromatic carbocycles. The number of aryl methyl sites for hydroxylation is 2. The molecule has 152 valence electrons. The van der Waals surface area contributed by atoms with Crippen molar-refractivity contribution in [2.45, 2.75) is 19.8 Å². The van der Waals surface area contributed by atoms with Gasteiger partial charge in [-0.1, -0.05) is 0 Å². The van der Waals surface area contributed by atoms with Gasteiger partial charge in [-0.25, -0.2) is 4.79 Å². The number of aliphatic carboxylic acids is 1. The van der Waals surface area contributed by atoms with Crippen LogP contribution in [0.3, 0.4) is 0 Å². The number of anilines is 2. The summed E-state index contributed by atoms with van der Waals surface area (Å²) in [5.74, 6) is -1.22. The van der Waals surface area contributed by atoms with Gasteiger partial charge in [0.1, 0.15) is 5.75 Å². The molecule has 0 aliphatic heterocycles. The molecule has 3 heterocycles. The standard InChI is InChI=1S/C19H19N3O5S2/c1-10-13(3-4-14(24)25)29-17(11-6-8-28-9-11)15(10)20-19(27)21-16-12(23)5-7-22(2)18(16)26/h5-9,23H,3-4H2,1-2H3,(H,24,25)(H2,20,21,27). The molecule has 0 bridgehead atoms. The molecule has 4 N–H and O–H groups in total. The molecule has 0 radical (unpaired) electrons. The van der Waals surface area contributed by atoms with Crippen molar-refractivity contribution in [1.82, 2.24) is 4.57 Å². The van der Waals surface area contributed by atoms with Crippen molar-refractivity contribution in [3.05, 3.63) is 49.9 Å². The van der Waals surface area contributed by atoms with E-state index < -0.39 is 17.6 Å². The third-order valence-corrected chi connectivity index (χ3v) is 6.40. The van der Waals surface area contributed by atoms with Gasteiger partial charge >= 0.3 is 12.0 Å². The van der Waals surface area contributed by atoms with E-state index in [0.29, 0.717) is 12.1 Å². The van der Waals surface area contributed by atoms with Gasteiger partial charge in [0.15, 0.2) is 5.69 Å². The summed E-state index contributed by atoms with van der Waals surface area (Å²) in [6.07, 6.45) is 1.74. The van der Waals surface area contributed by atoms with Crippen LogP contribution in [-0.2, 0) is 18.3 Å². The zero-order valence-electron chi connectivity index (χ0n) is 15.7. The van der Waals surface area contributed by atoms with Crippen LogP contribution in [0.1, 0.15) is 16.9 Å². The van der Waals surface area contributed by atoms with Gasteiger partial charge in [0.25, 0.3) is 5.56 Å². The van der Waals surface area contributed by atoms with Gasteiger partial charge in [-0.15, -0.1) is 11.3 Å². The van der Waals surface area contributed by atoms with Gasteiger partial charge in [0.2, 0.25) is 0 Å². The zero-order chi connectivity index (χ0) is 21.1. The van der Waals surface area contributed by atoms with Gasteiger partial charge in [-0.3, -0.25) is 14.9 Å². The summed E-state index contributed by atoms with van der Waals surface area (Å²) in [6.45, 7) is 1.82. The summed E-state index contributed by atoms with van der Waals surface area (Å²) in [7, 11) is 1.51. The van der Waals surface area contributed by atoms with Crippen molar-refractivity contribution < 1.29 is 19.8 Å². The number of carboxylic acid groups (broad SMARTS) is 1. The quantitative estimate of drug-likeness (QED) is 0.471. The lowest BCUT2D eigenvalue weighted by atomic mass is 10.1. The Hall–Kier alpha value is -3.11. The van der Waals surface area contributed by atoms with Crippen LogP contribution in [0.4, 0.5) is 16.2 Å². The SMILES string of the molecule is Cc1c(CCC(=O)O)sc(-c2ccsc2)c1NC(=O)Nc1c(O)ccn(C)c1=O. The van der Waals surface area contributed by atoms with Gasteiger partial charge in [-0.05, 0) is 41.8 Å². The van der Waals surface area contributed by atoms with Crippen LogP contribution in [0.15, 0.2) is 33.9 Å². The third kappa shape index (κ3) is 4.49. The Bertz CT molecular complexity index is 1120. The number of carbonyl (C=O) groups excluding carboxylic acids is 1. The number of urea groups is 1. The fraction of sp³-hybridized carbons (Fsp3) is 0.211. The molecule has 0 aliphatic carbocycles. The molecular formula is C19H19N3O5S2. The number of aromatic nitrogens is 1. The van der Waals surface area contributed by atoms with Crippen molar-refractivity contribution in [3.63, 3.8) is 0 Å². The molecule has 0 saturated carbocycles. The molecule has 0 atom stereocenters. The molecule has 8 nitrogen and oxygen atoms in total. The fourth-order valence-corrected chi connectivity index (χ4v) is 4.74.